The van der Waals surface area contributed by atoms with Gasteiger partial charge in [-0.3, -0.25) is 9.80 Å². The fourth-order valence-corrected chi connectivity index (χ4v) is 2.04. The predicted octanol–water partition coefficient (Wildman–Crippen LogP) is 0.207. The van der Waals surface area contributed by atoms with Gasteiger partial charge in [0.1, 0.15) is 0 Å². The number of nitrogens with one attached hydrogen (secondary N) is 1. The second-order valence-electron chi connectivity index (χ2n) is 3.71. The lowest BCUT2D eigenvalue weighted by atomic mass is 10.5. The van der Waals surface area contributed by atoms with Crippen LogP contribution in [0.1, 0.15) is 13.8 Å². The minimum absolute atomic E-state index is 0.228. The van der Waals surface area contributed by atoms with Crippen molar-refractivity contribution in [3.05, 3.63) is 0 Å². The van der Waals surface area contributed by atoms with Gasteiger partial charge in [-0.2, -0.15) is 0 Å². The van der Waals surface area contributed by atoms with E-state index in [1.807, 2.05) is 0 Å². The van der Waals surface area contributed by atoms with Gasteiger partial charge in [0.05, 0.1) is 0 Å². The number of hydrogen-bond donors (Lipinski definition) is 1. The number of rotatable bonds is 4. The minimum atomic E-state index is -0.400. The molecular weight excluding hydrogens is 173 g/mol. The largest absolute Gasteiger partial charge is 0.421 e. The Bertz CT molecular complexity index is 185. The first-order valence-electron chi connectivity index (χ1n) is 4.38. The maximum Gasteiger partial charge on any atom is 0.421 e. The zero-order valence-corrected chi connectivity index (χ0v) is 8.45. The molecule has 2 fully saturated rings. The third-order valence-corrected chi connectivity index (χ3v) is 3.01. The van der Waals surface area contributed by atoms with Crippen molar-refractivity contribution in [1.82, 2.24) is 14.9 Å². The SMILES string of the molecule is CC1CN1C(N[PH+]=O)N1CC1C. The molecule has 2 rings (SSSR count). The summed E-state index contributed by atoms with van der Waals surface area (Å²) < 4.78 is 10.5. The van der Waals surface area contributed by atoms with Crippen LogP contribution in [0, 0.1) is 0 Å². The molecule has 0 saturated carbocycles. The standard InChI is InChI=1S/C7H14N3OP/c1-5-3-9(5)7(8-12-11)10-4-6(10)2/h5-7H,3-4H2,1-2H3,(H,8,11)/p+1. The lowest BCUT2D eigenvalue weighted by molar-refractivity contribution is 0.210. The highest BCUT2D eigenvalue weighted by atomic mass is 31.1. The van der Waals surface area contributed by atoms with Crippen LogP contribution in [0.2, 0.25) is 0 Å². The van der Waals surface area contributed by atoms with Gasteiger partial charge in [-0.1, -0.05) is 9.65 Å². The quantitative estimate of drug-likeness (QED) is 0.505. The first-order valence-corrected chi connectivity index (χ1v) is 5.29. The van der Waals surface area contributed by atoms with Gasteiger partial charge < -0.3 is 0 Å². The van der Waals surface area contributed by atoms with Crippen molar-refractivity contribution in [1.29, 1.82) is 0 Å². The molecule has 2 aliphatic heterocycles. The maximum absolute atomic E-state index is 10.5. The molecule has 0 aromatic carbocycles. The van der Waals surface area contributed by atoms with Gasteiger partial charge in [-0.25, -0.2) is 0 Å². The molecule has 0 radical (unpaired) electrons. The van der Waals surface area contributed by atoms with E-state index < -0.39 is 8.61 Å². The molecule has 0 aliphatic carbocycles. The molecule has 0 bridgehead atoms. The van der Waals surface area contributed by atoms with Crippen LogP contribution in [0.15, 0.2) is 0 Å². The molecule has 68 valence electrons. The topological polar surface area (TPSA) is 35.1 Å². The summed E-state index contributed by atoms with van der Waals surface area (Å²) in [5, 5.41) is 2.99. The summed E-state index contributed by atoms with van der Waals surface area (Å²) in [6.07, 6.45) is 0.228. The van der Waals surface area contributed by atoms with Crippen LogP contribution in [-0.4, -0.2) is 41.3 Å². The Kier molecular flexibility index (Phi) is 2.17. The average Bonchev–Trinajstić information content (AvgIpc) is 2.88. The molecular formula is C7H15N3OP+. The van der Waals surface area contributed by atoms with Crippen molar-refractivity contribution in [2.75, 3.05) is 13.1 Å². The van der Waals surface area contributed by atoms with E-state index in [9.17, 15) is 4.57 Å². The van der Waals surface area contributed by atoms with Crippen LogP contribution in [0.4, 0.5) is 0 Å². The van der Waals surface area contributed by atoms with Crippen LogP contribution in [0.5, 0.6) is 0 Å². The number of nitrogens with zero attached hydrogens (tertiary/aromatic N) is 2. The predicted molar refractivity (Wildman–Crippen MR) is 48.3 cm³/mol. The molecule has 0 aromatic rings. The van der Waals surface area contributed by atoms with Crippen molar-refractivity contribution < 1.29 is 4.57 Å². The summed E-state index contributed by atoms with van der Waals surface area (Å²) in [6.45, 7) is 6.64. The molecule has 0 aromatic heterocycles. The van der Waals surface area contributed by atoms with Gasteiger partial charge in [0.25, 0.3) is 0 Å². The first-order chi connectivity index (χ1) is 5.74. The van der Waals surface area contributed by atoms with E-state index in [1.165, 1.54) is 0 Å². The molecule has 5 atom stereocenters. The Morgan fingerprint density at radius 2 is 1.75 bits per heavy atom. The summed E-state index contributed by atoms with van der Waals surface area (Å²) in [6, 6.07) is 1.32. The molecule has 5 heteroatoms. The summed E-state index contributed by atoms with van der Waals surface area (Å²) in [7, 11) is -0.400. The lowest BCUT2D eigenvalue weighted by Gasteiger charge is -2.14. The highest BCUT2D eigenvalue weighted by molar-refractivity contribution is 7.21. The zero-order valence-electron chi connectivity index (χ0n) is 7.45. The monoisotopic (exact) mass is 188 g/mol. The van der Waals surface area contributed by atoms with Crippen molar-refractivity contribution >= 4 is 8.61 Å². The Morgan fingerprint density at radius 3 is 2.00 bits per heavy atom. The van der Waals surface area contributed by atoms with Gasteiger partial charge in [0.2, 0.25) is 0 Å². The molecule has 0 amide bonds. The Morgan fingerprint density at radius 1 is 1.33 bits per heavy atom. The van der Waals surface area contributed by atoms with Crippen molar-refractivity contribution in [2.24, 2.45) is 0 Å². The molecule has 2 saturated heterocycles. The van der Waals surface area contributed by atoms with Crippen LogP contribution in [0.25, 0.3) is 0 Å². The van der Waals surface area contributed by atoms with Crippen LogP contribution in [0.3, 0.4) is 0 Å². The van der Waals surface area contributed by atoms with Gasteiger partial charge in [-0.15, -0.1) is 0 Å². The fourth-order valence-electron chi connectivity index (χ4n) is 1.61. The Balaban J connectivity index is 1.89. The van der Waals surface area contributed by atoms with E-state index in [1.54, 1.807) is 0 Å². The second-order valence-corrected chi connectivity index (χ2v) is 4.20. The fraction of sp³-hybridized carbons (Fsp3) is 1.00. The van der Waals surface area contributed by atoms with E-state index in [4.69, 9.17) is 0 Å². The van der Waals surface area contributed by atoms with E-state index in [0.717, 1.165) is 13.1 Å². The number of hydrogen-bond acceptors (Lipinski definition) is 3. The molecule has 1 N–H and O–H groups in total. The van der Waals surface area contributed by atoms with E-state index in [-0.39, 0.29) is 6.29 Å². The highest BCUT2D eigenvalue weighted by Gasteiger charge is 2.47. The zero-order chi connectivity index (χ0) is 8.72. The minimum Gasteiger partial charge on any atom is -0.267 e. The second kappa shape index (κ2) is 3.04. The molecule has 5 unspecified atom stereocenters. The van der Waals surface area contributed by atoms with Crippen LogP contribution >= 0.6 is 8.61 Å². The first kappa shape index (κ1) is 8.57. The average molecular weight is 188 g/mol. The molecule has 2 heterocycles. The third-order valence-electron chi connectivity index (χ3n) is 2.63. The third kappa shape index (κ3) is 1.52. The Hall–Kier alpha value is -0.0200. The van der Waals surface area contributed by atoms with Crippen LogP contribution in [-0.2, 0) is 4.57 Å². The molecule has 0 spiro atoms. The van der Waals surface area contributed by atoms with Gasteiger partial charge >= 0.3 is 8.61 Å². The summed E-state index contributed by atoms with van der Waals surface area (Å²) in [4.78, 5) is 4.63. The van der Waals surface area contributed by atoms with E-state index in [2.05, 4.69) is 28.7 Å². The summed E-state index contributed by atoms with van der Waals surface area (Å²) in [5.74, 6) is 0. The van der Waals surface area contributed by atoms with E-state index in [0.29, 0.717) is 12.1 Å². The smallest absolute Gasteiger partial charge is 0.267 e. The van der Waals surface area contributed by atoms with Gasteiger partial charge in [0.15, 0.2) is 6.29 Å². The van der Waals surface area contributed by atoms with Gasteiger partial charge in [0, 0.05) is 25.2 Å². The normalized spacial score (nSPS) is 47.5. The molecule has 2 aliphatic rings. The van der Waals surface area contributed by atoms with Crippen molar-refractivity contribution in [3.63, 3.8) is 0 Å². The Labute approximate surface area is 74.2 Å². The summed E-state index contributed by atoms with van der Waals surface area (Å²) >= 11 is 0. The van der Waals surface area contributed by atoms with Crippen molar-refractivity contribution in [3.8, 4) is 0 Å². The van der Waals surface area contributed by atoms with Crippen LogP contribution < -0.4 is 5.09 Å². The lowest BCUT2D eigenvalue weighted by Crippen LogP contribution is -2.39. The molecule has 4 nitrogen and oxygen atoms in total. The summed E-state index contributed by atoms with van der Waals surface area (Å²) in [5.41, 5.74) is 0. The maximum atomic E-state index is 10.5. The molecule has 12 heavy (non-hydrogen) atoms. The van der Waals surface area contributed by atoms with E-state index >= 15 is 0 Å². The highest BCUT2D eigenvalue weighted by Crippen LogP contribution is 2.29. The van der Waals surface area contributed by atoms with Gasteiger partial charge in [-0.05, 0) is 13.8 Å². The van der Waals surface area contributed by atoms with Crippen molar-refractivity contribution in [2.45, 2.75) is 32.2 Å².